The normalized spacial score (nSPS) is 22.1. The smallest absolute Gasteiger partial charge is 0.255 e. The predicted octanol–water partition coefficient (Wildman–Crippen LogP) is 3.99. The molecule has 1 amide bonds. The van der Waals surface area contributed by atoms with Crippen LogP contribution in [-0.4, -0.2) is 45.7 Å². The van der Waals surface area contributed by atoms with Crippen molar-refractivity contribution in [1.29, 1.82) is 0 Å². The number of piperidine rings is 1. The zero-order valence-corrected chi connectivity index (χ0v) is 16.8. The van der Waals surface area contributed by atoms with E-state index in [9.17, 15) is 9.90 Å². The number of rotatable bonds is 7. The molecule has 1 N–H and O–H groups in total. The Hall–Kier alpha value is -2.40. The van der Waals surface area contributed by atoms with Gasteiger partial charge in [0.25, 0.3) is 5.91 Å². The highest BCUT2D eigenvalue weighted by molar-refractivity contribution is 5.94. The summed E-state index contributed by atoms with van der Waals surface area (Å²) in [4.78, 5) is 18.9. The van der Waals surface area contributed by atoms with E-state index in [1.54, 1.807) is 17.2 Å². The second-order valence-corrected chi connectivity index (χ2v) is 7.67. The summed E-state index contributed by atoms with van der Waals surface area (Å²) < 4.78 is 6.18. The number of nitrogens with zero attached hydrogens (tertiary/aromatic N) is 2. The molecule has 0 bridgehead atoms. The first-order valence-corrected chi connectivity index (χ1v) is 10.2. The van der Waals surface area contributed by atoms with Gasteiger partial charge in [-0.2, -0.15) is 0 Å². The first-order valence-electron chi connectivity index (χ1n) is 10.2. The molecule has 28 heavy (non-hydrogen) atoms. The molecule has 1 saturated heterocycles. The van der Waals surface area contributed by atoms with Gasteiger partial charge in [-0.3, -0.25) is 9.78 Å². The molecule has 0 aliphatic carbocycles. The van der Waals surface area contributed by atoms with Gasteiger partial charge in [0, 0.05) is 18.4 Å². The van der Waals surface area contributed by atoms with Crippen LogP contribution in [0.25, 0.3) is 0 Å². The number of hydrogen-bond acceptors (Lipinski definition) is 4. The van der Waals surface area contributed by atoms with Crippen molar-refractivity contribution >= 4 is 5.91 Å². The lowest BCUT2D eigenvalue weighted by molar-refractivity contribution is -0.106. The van der Waals surface area contributed by atoms with Crippen molar-refractivity contribution in [2.75, 3.05) is 13.1 Å². The van der Waals surface area contributed by atoms with Crippen molar-refractivity contribution in [1.82, 2.24) is 9.88 Å². The molecular formula is C23H30N2O3. The van der Waals surface area contributed by atoms with Crippen molar-refractivity contribution in [3.63, 3.8) is 0 Å². The fourth-order valence-corrected chi connectivity index (χ4v) is 3.69. The fraction of sp³-hybridized carbons (Fsp3) is 0.478. The molecule has 1 aromatic heterocycles. The van der Waals surface area contributed by atoms with Crippen LogP contribution in [0.3, 0.4) is 0 Å². The van der Waals surface area contributed by atoms with E-state index in [1.165, 1.54) is 0 Å². The van der Waals surface area contributed by atoms with E-state index in [-0.39, 0.29) is 5.91 Å². The minimum absolute atomic E-state index is 0.0650. The van der Waals surface area contributed by atoms with Crippen LogP contribution in [0.5, 0.6) is 5.75 Å². The molecule has 1 aliphatic rings. The number of benzene rings is 1. The monoisotopic (exact) mass is 382 g/mol. The van der Waals surface area contributed by atoms with Crippen molar-refractivity contribution in [2.24, 2.45) is 0 Å². The van der Waals surface area contributed by atoms with Crippen molar-refractivity contribution in [3.8, 4) is 5.75 Å². The van der Waals surface area contributed by atoms with Gasteiger partial charge in [0.15, 0.2) is 0 Å². The number of carbonyl (C=O) groups is 1. The van der Waals surface area contributed by atoms with E-state index in [1.807, 2.05) is 43.3 Å². The first kappa shape index (κ1) is 20.3. The predicted molar refractivity (Wildman–Crippen MR) is 109 cm³/mol. The number of aliphatic hydroxyl groups is 1. The molecule has 5 nitrogen and oxygen atoms in total. The zero-order valence-electron chi connectivity index (χ0n) is 16.8. The average molecular weight is 383 g/mol. The number of aryl methyl sites for hydroxylation is 1. The lowest BCUT2D eigenvalue weighted by atomic mass is 9.83. The topological polar surface area (TPSA) is 62.7 Å². The number of amides is 1. The molecule has 5 heteroatoms. The molecule has 1 aromatic carbocycles. The largest absolute Gasteiger partial charge is 0.486 e. The number of carbonyl (C=O) groups excluding carboxylic acids is 1. The van der Waals surface area contributed by atoms with Gasteiger partial charge >= 0.3 is 0 Å². The van der Waals surface area contributed by atoms with E-state index >= 15 is 0 Å². The Bertz CT molecular complexity index is 763. The third-order valence-corrected chi connectivity index (χ3v) is 5.48. The van der Waals surface area contributed by atoms with Crippen LogP contribution >= 0.6 is 0 Å². The molecule has 0 unspecified atom stereocenters. The van der Waals surface area contributed by atoms with E-state index < -0.39 is 11.7 Å². The Morgan fingerprint density at radius 1 is 1.25 bits per heavy atom. The lowest BCUT2D eigenvalue weighted by Gasteiger charge is -2.44. The van der Waals surface area contributed by atoms with Crippen LogP contribution in [0.1, 0.15) is 55.1 Å². The number of pyridine rings is 1. The van der Waals surface area contributed by atoms with Crippen LogP contribution in [0.4, 0.5) is 0 Å². The van der Waals surface area contributed by atoms with Gasteiger partial charge < -0.3 is 14.7 Å². The second kappa shape index (κ2) is 9.20. The first-order chi connectivity index (χ1) is 13.5. The van der Waals surface area contributed by atoms with E-state index in [2.05, 4.69) is 11.9 Å². The van der Waals surface area contributed by atoms with Crippen LogP contribution < -0.4 is 4.74 Å². The number of likely N-dealkylation sites (tertiary alicyclic amines) is 1. The summed E-state index contributed by atoms with van der Waals surface area (Å²) in [5, 5.41) is 11.4. The second-order valence-electron chi connectivity index (χ2n) is 7.67. The quantitative estimate of drug-likeness (QED) is 0.736. The molecule has 0 spiro atoms. The molecule has 3 rings (SSSR count). The van der Waals surface area contributed by atoms with Crippen LogP contribution in [-0.2, 0) is 0 Å². The highest BCUT2D eigenvalue weighted by Crippen LogP contribution is 2.32. The highest BCUT2D eigenvalue weighted by atomic mass is 16.5. The Balaban J connectivity index is 1.76. The zero-order chi connectivity index (χ0) is 20.0. The highest BCUT2D eigenvalue weighted by Gasteiger charge is 2.44. The minimum Gasteiger partial charge on any atom is -0.486 e. The number of hydrogen-bond donors (Lipinski definition) is 1. The molecule has 2 atom stereocenters. The molecule has 0 saturated carbocycles. The molecule has 1 fully saturated rings. The van der Waals surface area contributed by atoms with Gasteiger partial charge in [0.1, 0.15) is 17.5 Å². The van der Waals surface area contributed by atoms with E-state index in [0.29, 0.717) is 37.2 Å². The molecule has 2 heterocycles. The maximum absolute atomic E-state index is 12.9. The lowest BCUT2D eigenvalue weighted by Crippen LogP contribution is -2.59. The molecule has 1 aliphatic heterocycles. The van der Waals surface area contributed by atoms with Crippen LogP contribution in [0, 0.1) is 6.92 Å². The maximum Gasteiger partial charge on any atom is 0.255 e. The SMILES string of the molecule is CCCCC[C@]1(O)CCN(C(=O)c2ccc(C)nc2)C[C@@H]1Oc1ccccc1. The standard InChI is InChI=1S/C23H30N2O3/c1-3-4-8-13-23(27)14-15-25(22(26)19-12-11-18(2)24-16-19)17-21(23)28-20-9-6-5-7-10-20/h5-7,9-12,16,21,27H,3-4,8,13-15,17H2,1-2H3/t21-,23-/m0/s1. The number of ether oxygens (including phenoxy) is 1. The summed E-state index contributed by atoms with van der Waals surface area (Å²) >= 11 is 0. The molecule has 2 aromatic rings. The summed E-state index contributed by atoms with van der Waals surface area (Å²) in [6, 6.07) is 13.2. The van der Waals surface area contributed by atoms with Gasteiger partial charge in [-0.25, -0.2) is 0 Å². The summed E-state index contributed by atoms with van der Waals surface area (Å²) in [6.07, 6.45) is 5.50. The van der Waals surface area contributed by atoms with Gasteiger partial charge in [-0.1, -0.05) is 44.4 Å². The fourth-order valence-electron chi connectivity index (χ4n) is 3.69. The Kier molecular flexibility index (Phi) is 6.68. The Morgan fingerprint density at radius 2 is 2.04 bits per heavy atom. The van der Waals surface area contributed by atoms with Gasteiger partial charge in [-0.15, -0.1) is 0 Å². The number of aromatic nitrogens is 1. The van der Waals surface area contributed by atoms with E-state index in [4.69, 9.17) is 4.74 Å². The summed E-state index contributed by atoms with van der Waals surface area (Å²) in [5.74, 6) is 0.650. The van der Waals surface area contributed by atoms with Crippen molar-refractivity contribution < 1.29 is 14.6 Å². The summed E-state index contributed by atoms with van der Waals surface area (Å²) in [7, 11) is 0. The average Bonchev–Trinajstić information content (AvgIpc) is 2.71. The third-order valence-electron chi connectivity index (χ3n) is 5.48. The van der Waals surface area contributed by atoms with Crippen molar-refractivity contribution in [3.05, 3.63) is 59.9 Å². The van der Waals surface area contributed by atoms with Gasteiger partial charge in [0.2, 0.25) is 0 Å². The maximum atomic E-state index is 12.9. The molecule has 0 radical (unpaired) electrons. The summed E-state index contributed by atoms with van der Waals surface area (Å²) in [5.41, 5.74) is 0.527. The minimum atomic E-state index is -0.923. The molecular weight excluding hydrogens is 352 g/mol. The summed E-state index contributed by atoms with van der Waals surface area (Å²) in [6.45, 7) is 4.93. The third kappa shape index (κ3) is 4.90. The molecule has 150 valence electrons. The van der Waals surface area contributed by atoms with Crippen LogP contribution in [0.2, 0.25) is 0 Å². The Morgan fingerprint density at radius 3 is 2.71 bits per heavy atom. The number of unbranched alkanes of at least 4 members (excludes halogenated alkanes) is 2. The Labute approximate surface area is 167 Å². The van der Waals surface area contributed by atoms with E-state index in [0.717, 1.165) is 25.0 Å². The van der Waals surface area contributed by atoms with Crippen LogP contribution in [0.15, 0.2) is 48.7 Å². The number of para-hydroxylation sites is 1. The van der Waals surface area contributed by atoms with Crippen molar-refractivity contribution in [2.45, 2.75) is 57.7 Å². The van der Waals surface area contributed by atoms with Gasteiger partial charge in [0.05, 0.1) is 12.1 Å². The van der Waals surface area contributed by atoms with Gasteiger partial charge in [-0.05, 0) is 44.0 Å².